The van der Waals surface area contributed by atoms with Crippen LogP contribution in [0.5, 0.6) is 5.88 Å². The largest absolute Gasteiger partial charge is 0.479 e. The summed E-state index contributed by atoms with van der Waals surface area (Å²) >= 11 is 0. The fraction of sp³-hybridized carbons (Fsp3) is 0.360. The molecule has 0 saturated heterocycles. The Balaban J connectivity index is 0.000000807. The number of benzene rings is 2. The zero-order chi connectivity index (χ0) is 22.6. The fourth-order valence-corrected chi connectivity index (χ4v) is 3.07. The maximum Gasteiger partial charge on any atom is 0.240 e. The molecule has 2 heterocycles. The van der Waals surface area contributed by atoms with Crippen molar-refractivity contribution in [1.29, 1.82) is 0 Å². The summed E-state index contributed by atoms with van der Waals surface area (Å²) < 4.78 is 10.9. The van der Waals surface area contributed by atoms with E-state index in [1.54, 1.807) is 14.0 Å². The lowest BCUT2D eigenvalue weighted by Gasteiger charge is -2.10. The molecule has 4 rings (SSSR count). The Bertz CT molecular complexity index is 1080. The molecule has 0 amide bonds. The van der Waals surface area contributed by atoms with Crippen LogP contribution in [0.3, 0.4) is 0 Å². The van der Waals surface area contributed by atoms with Crippen LogP contribution in [0.4, 0.5) is 0 Å². The number of aromatic nitrogens is 4. The van der Waals surface area contributed by atoms with Crippen LogP contribution < -0.4 is 4.74 Å². The Hall–Kier alpha value is -3.28. The standard InChI is InChI=1S/C21H20N4O2.2C2H6/c1-14-24-25-19(27-14)12-6-8-15-7-5-9-16(13-15)20-21(26-2)23-18-11-4-3-10-17(18)22-20;2*1-2/h3-5,7,9-11,13H,6,8,12H2,1-2H3;2*1-2H3. The Kier molecular flexibility index (Phi) is 9.62. The molecule has 4 aromatic rings. The zero-order valence-corrected chi connectivity index (χ0v) is 19.3. The highest BCUT2D eigenvalue weighted by Crippen LogP contribution is 2.29. The molecule has 0 N–H and O–H groups in total. The van der Waals surface area contributed by atoms with Gasteiger partial charge in [0.1, 0.15) is 5.69 Å². The Morgan fingerprint density at radius 1 is 0.839 bits per heavy atom. The molecule has 0 saturated carbocycles. The van der Waals surface area contributed by atoms with Gasteiger partial charge in [0.05, 0.1) is 18.1 Å². The highest BCUT2D eigenvalue weighted by atomic mass is 16.5. The Labute approximate surface area is 184 Å². The van der Waals surface area contributed by atoms with E-state index in [1.165, 1.54) is 5.56 Å². The van der Waals surface area contributed by atoms with Gasteiger partial charge in [-0.2, -0.15) is 0 Å². The van der Waals surface area contributed by atoms with Gasteiger partial charge in [0.2, 0.25) is 17.7 Å². The number of aryl methyl sites for hydroxylation is 3. The molecule has 0 bridgehead atoms. The summed E-state index contributed by atoms with van der Waals surface area (Å²) in [5, 5.41) is 7.91. The Morgan fingerprint density at radius 3 is 2.19 bits per heavy atom. The van der Waals surface area contributed by atoms with Gasteiger partial charge >= 0.3 is 0 Å². The molecule has 6 nitrogen and oxygen atoms in total. The summed E-state index contributed by atoms with van der Waals surface area (Å²) in [7, 11) is 1.62. The van der Waals surface area contributed by atoms with Crippen molar-refractivity contribution in [3.63, 3.8) is 0 Å². The summed E-state index contributed by atoms with van der Waals surface area (Å²) in [6, 6.07) is 16.1. The van der Waals surface area contributed by atoms with E-state index in [0.717, 1.165) is 41.6 Å². The lowest BCUT2D eigenvalue weighted by atomic mass is 10.0. The quantitative estimate of drug-likeness (QED) is 0.368. The predicted octanol–water partition coefficient (Wildman–Crippen LogP) is 6.22. The van der Waals surface area contributed by atoms with Gasteiger partial charge in [0.25, 0.3) is 0 Å². The molecule has 2 aromatic heterocycles. The minimum atomic E-state index is 0.534. The number of methoxy groups -OCH3 is 1. The number of rotatable bonds is 6. The van der Waals surface area contributed by atoms with Crippen LogP contribution in [0.1, 0.15) is 51.5 Å². The third-order valence-corrected chi connectivity index (χ3v) is 4.36. The van der Waals surface area contributed by atoms with Crippen LogP contribution in [0.25, 0.3) is 22.3 Å². The highest BCUT2D eigenvalue weighted by molar-refractivity contribution is 5.79. The van der Waals surface area contributed by atoms with Crippen molar-refractivity contribution in [2.45, 2.75) is 53.9 Å². The van der Waals surface area contributed by atoms with E-state index in [-0.39, 0.29) is 0 Å². The van der Waals surface area contributed by atoms with Crippen molar-refractivity contribution in [2.75, 3.05) is 7.11 Å². The van der Waals surface area contributed by atoms with Crippen LogP contribution in [-0.4, -0.2) is 27.3 Å². The number of hydrogen-bond donors (Lipinski definition) is 0. The van der Waals surface area contributed by atoms with E-state index < -0.39 is 0 Å². The van der Waals surface area contributed by atoms with Crippen molar-refractivity contribution in [2.24, 2.45) is 0 Å². The van der Waals surface area contributed by atoms with E-state index in [4.69, 9.17) is 14.1 Å². The van der Waals surface area contributed by atoms with E-state index in [0.29, 0.717) is 17.7 Å². The van der Waals surface area contributed by atoms with Gasteiger partial charge in [-0.3, -0.25) is 0 Å². The summed E-state index contributed by atoms with van der Waals surface area (Å²) in [5.74, 6) is 1.83. The SMILES string of the molecule is CC.CC.COc1nc2ccccc2nc1-c1cccc(CCCc2nnc(C)o2)c1. The molecule has 0 atom stereocenters. The van der Waals surface area contributed by atoms with Crippen LogP contribution in [0.2, 0.25) is 0 Å². The third kappa shape index (κ3) is 6.35. The highest BCUT2D eigenvalue weighted by Gasteiger charge is 2.12. The van der Waals surface area contributed by atoms with Crippen molar-refractivity contribution >= 4 is 11.0 Å². The summed E-state index contributed by atoms with van der Waals surface area (Å²) in [4.78, 5) is 9.36. The number of fused-ring (bicyclic) bond motifs is 1. The summed E-state index contributed by atoms with van der Waals surface area (Å²) in [6.07, 6.45) is 2.62. The first-order valence-electron chi connectivity index (χ1n) is 10.9. The molecular weight excluding hydrogens is 388 g/mol. The molecule has 0 spiro atoms. The predicted molar refractivity (Wildman–Crippen MR) is 125 cm³/mol. The van der Waals surface area contributed by atoms with E-state index in [1.807, 2.05) is 64.1 Å². The molecule has 0 fully saturated rings. The molecule has 0 radical (unpaired) electrons. The van der Waals surface area contributed by atoms with Crippen molar-refractivity contribution in [1.82, 2.24) is 20.2 Å². The molecular formula is C25H32N4O2. The van der Waals surface area contributed by atoms with Crippen molar-refractivity contribution < 1.29 is 9.15 Å². The van der Waals surface area contributed by atoms with Crippen molar-refractivity contribution in [3.8, 4) is 17.1 Å². The van der Waals surface area contributed by atoms with Crippen LogP contribution in [0, 0.1) is 6.92 Å². The van der Waals surface area contributed by atoms with Crippen molar-refractivity contribution in [3.05, 3.63) is 65.9 Å². The number of hydrogen-bond acceptors (Lipinski definition) is 6. The summed E-state index contributed by atoms with van der Waals surface area (Å²) in [6.45, 7) is 9.80. The molecule has 6 heteroatoms. The third-order valence-electron chi connectivity index (χ3n) is 4.36. The Morgan fingerprint density at radius 2 is 1.55 bits per heavy atom. The molecule has 0 aliphatic carbocycles. The first-order chi connectivity index (χ1) is 15.2. The lowest BCUT2D eigenvalue weighted by molar-refractivity contribution is 0.400. The van der Waals surface area contributed by atoms with E-state index >= 15 is 0 Å². The number of para-hydroxylation sites is 2. The van der Waals surface area contributed by atoms with Gasteiger partial charge in [0.15, 0.2) is 0 Å². The van der Waals surface area contributed by atoms with Crippen LogP contribution in [-0.2, 0) is 12.8 Å². The zero-order valence-electron chi connectivity index (χ0n) is 19.3. The monoisotopic (exact) mass is 420 g/mol. The first-order valence-corrected chi connectivity index (χ1v) is 10.9. The molecule has 164 valence electrons. The fourth-order valence-electron chi connectivity index (χ4n) is 3.07. The van der Waals surface area contributed by atoms with E-state index in [9.17, 15) is 0 Å². The van der Waals surface area contributed by atoms with Gasteiger partial charge < -0.3 is 9.15 Å². The minimum Gasteiger partial charge on any atom is -0.479 e. The van der Waals surface area contributed by atoms with E-state index in [2.05, 4.69) is 27.3 Å². The normalized spacial score (nSPS) is 10.0. The van der Waals surface area contributed by atoms with Gasteiger partial charge in [-0.05, 0) is 36.6 Å². The topological polar surface area (TPSA) is 73.9 Å². The average molecular weight is 421 g/mol. The number of nitrogens with zero attached hydrogens (tertiary/aromatic N) is 4. The second kappa shape index (κ2) is 12.4. The second-order valence-corrected chi connectivity index (χ2v) is 6.34. The summed E-state index contributed by atoms with van der Waals surface area (Å²) in [5.41, 5.74) is 4.65. The maximum absolute atomic E-state index is 5.49. The maximum atomic E-state index is 5.49. The molecule has 0 unspecified atom stereocenters. The molecule has 0 aliphatic rings. The second-order valence-electron chi connectivity index (χ2n) is 6.34. The van der Waals surface area contributed by atoms with Crippen LogP contribution in [0.15, 0.2) is 52.9 Å². The number of ether oxygens (including phenoxy) is 1. The molecule has 31 heavy (non-hydrogen) atoms. The molecule has 2 aromatic carbocycles. The van der Waals surface area contributed by atoms with Gasteiger partial charge in [-0.15, -0.1) is 10.2 Å². The van der Waals surface area contributed by atoms with Gasteiger partial charge in [-0.25, -0.2) is 9.97 Å². The minimum absolute atomic E-state index is 0.534. The first kappa shape index (κ1) is 24.0. The smallest absolute Gasteiger partial charge is 0.240 e. The average Bonchev–Trinajstić information content (AvgIpc) is 3.26. The lowest BCUT2D eigenvalue weighted by Crippen LogP contribution is -1.97. The van der Waals surface area contributed by atoms with Gasteiger partial charge in [0, 0.05) is 18.9 Å². The molecule has 0 aliphatic heterocycles. The van der Waals surface area contributed by atoms with Gasteiger partial charge in [-0.1, -0.05) is 58.0 Å². The van der Waals surface area contributed by atoms with Crippen LogP contribution >= 0.6 is 0 Å².